The molecule has 0 spiro atoms. The van der Waals surface area contributed by atoms with Crippen molar-refractivity contribution in [2.75, 3.05) is 6.61 Å². The predicted octanol–water partition coefficient (Wildman–Crippen LogP) is 1.96. The molecular formula is C14H17N3O. The number of nitrogens with two attached hydrogens (primary N) is 1. The van der Waals surface area contributed by atoms with Gasteiger partial charge in [0.1, 0.15) is 12.4 Å². The summed E-state index contributed by atoms with van der Waals surface area (Å²) in [6.07, 6.45) is 5.97. The topological polar surface area (TPSA) is 53.1 Å². The van der Waals surface area contributed by atoms with Crippen LogP contribution in [0.2, 0.25) is 0 Å². The van der Waals surface area contributed by atoms with Crippen molar-refractivity contribution in [2.45, 2.75) is 18.4 Å². The van der Waals surface area contributed by atoms with Crippen LogP contribution in [0.25, 0.3) is 11.1 Å². The summed E-state index contributed by atoms with van der Waals surface area (Å²) in [7, 11) is 1.91. The molecule has 1 saturated carbocycles. The first kappa shape index (κ1) is 11.3. The third-order valence-electron chi connectivity index (χ3n) is 3.29. The van der Waals surface area contributed by atoms with Crippen LogP contribution in [-0.4, -0.2) is 21.9 Å². The highest BCUT2D eigenvalue weighted by Gasteiger charge is 2.39. The number of hydrogen-bond acceptors (Lipinski definition) is 3. The fraction of sp³-hybridized carbons (Fsp3) is 0.357. The Balaban J connectivity index is 1.76. The smallest absolute Gasteiger partial charge is 0.120 e. The molecular weight excluding hydrogens is 226 g/mol. The summed E-state index contributed by atoms with van der Waals surface area (Å²) in [5.74, 6) is 0.869. The van der Waals surface area contributed by atoms with E-state index < -0.39 is 0 Å². The van der Waals surface area contributed by atoms with Gasteiger partial charge in [0.2, 0.25) is 0 Å². The van der Waals surface area contributed by atoms with Crippen LogP contribution in [-0.2, 0) is 7.05 Å². The second-order valence-corrected chi connectivity index (χ2v) is 5.08. The Morgan fingerprint density at radius 1 is 1.39 bits per heavy atom. The molecule has 0 atom stereocenters. The fourth-order valence-corrected chi connectivity index (χ4v) is 1.87. The summed E-state index contributed by atoms with van der Waals surface area (Å²) in [5.41, 5.74) is 8.14. The molecule has 1 aromatic carbocycles. The molecule has 1 fully saturated rings. The van der Waals surface area contributed by atoms with Crippen LogP contribution in [0.5, 0.6) is 5.75 Å². The van der Waals surface area contributed by atoms with Crippen LogP contribution in [0.4, 0.5) is 0 Å². The molecule has 1 aliphatic carbocycles. The zero-order valence-electron chi connectivity index (χ0n) is 10.5. The van der Waals surface area contributed by atoms with Crippen LogP contribution >= 0.6 is 0 Å². The van der Waals surface area contributed by atoms with Gasteiger partial charge in [-0.3, -0.25) is 4.68 Å². The third-order valence-corrected chi connectivity index (χ3v) is 3.29. The average Bonchev–Trinajstić information content (AvgIpc) is 2.95. The van der Waals surface area contributed by atoms with E-state index in [1.54, 1.807) is 4.68 Å². The Hall–Kier alpha value is -1.81. The van der Waals surface area contributed by atoms with Gasteiger partial charge in [0, 0.05) is 18.8 Å². The van der Waals surface area contributed by atoms with E-state index >= 15 is 0 Å². The van der Waals surface area contributed by atoms with Crippen molar-refractivity contribution in [2.24, 2.45) is 12.8 Å². The standard InChI is InChI=1S/C14H17N3O/c1-17-9-12(8-16-17)11-3-2-4-13(7-11)18-10-14(15)5-6-14/h2-4,7-9H,5-6,10,15H2,1H3. The van der Waals surface area contributed by atoms with E-state index in [0.29, 0.717) is 6.61 Å². The number of benzene rings is 1. The summed E-state index contributed by atoms with van der Waals surface area (Å²) in [6, 6.07) is 8.04. The lowest BCUT2D eigenvalue weighted by molar-refractivity contribution is 0.279. The van der Waals surface area contributed by atoms with Gasteiger partial charge >= 0.3 is 0 Å². The monoisotopic (exact) mass is 243 g/mol. The zero-order chi connectivity index (χ0) is 12.6. The summed E-state index contributed by atoms with van der Waals surface area (Å²) < 4.78 is 7.54. The SMILES string of the molecule is Cn1cc(-c2cccc(OCC3(N)CC3)c2)cn1. The Bertz CT molecular complexity index is 558. The van der Waals surface area contributed by atoms with Crippen LogP contribution in [0.15, 0.2) is 36.7 Å². The minimum absolute atomic E-state index is 0.0791. The van der Waals surface area contributed by atoms with Crippen molar-refractivity contribution in [3.05, 3.63) is 36.7 Å². The van der Waals surface area contributed by atoms with Gasteiger partial charge in [-0.05, 0) is 30.5 Å². The summed E-state index contributed by atoms with van der Waals surface area (Å²) in [6.45, 7) is 0.601. The number of ether oxygens (including phenoxy) is 1. The molecule has 3 rings (SSSR count). The molecule has 18 heavy (non-hydrogen) atoms. The molecule has 2 N–H and O–H groups in total. The molecule has 1 aromatic heterocycles. The van der Waals surface area contributed by atoms with Crippen molar-refractivity contribution in [3.63, 3.8) is 0 Å². The third kappa shape index (κ3) is 2.38. The fourth-order valence-electron chi connectivity index (χ4n) is 1.87. The van der Waals surface area contributed by atoms with Crippen molar-refractivity contribution in [1.82, 2.24) is 9.78 Å². The van der Waals surface area contributed by atoms with Crippen LogP contribution < -0.4 is 10.5 Å². The van der Waals surface area contributed by atoms with Crippen molar-refractivity contribution < 1.29 is 4.74 Å². The Labute approximate surface area is 106 Å². The van der Waals surface area contributed by atoms with Crippen molar-refractivity contribution >= 4 is 0 Å². The molecule has 0 aliphatic heterocycles. The Kier molecular flexibility index (Phi) is 2.59. The molecule has 4 heteroatoms. The molecule has 4 nitrogen and oxygen atoms in total. The molecule has 1 aliphatic rings. The largest absolute Gasteiger partial charge is 0.492 e. The molecule has 0 saturated heterocycles. The molecule has 0 bridgehead atoms. The quantitative estimate of drug-likeness (QED) is 0.893. The van der Waals surface area contributed by atoms with Gasteiger partial charge in [-0.15, -0.1) is 0 Å². The van der Waals surface area contributed by atoms with E-state index in [2.05, 4.69) is 11.2 Å². The van der Waals surface area contributed by atoms with Crippen molar-refractivity contribution in [3.8, 4) is 16.9 Å². The lowest BCUT2D eigenvalue weighted by Crippen LogP contribution is -2.29. The van der Waals surface area contributed by atoms with Crippen LogP contribution in [0, 0.1) is 0 Å². The van der Waals surface area contributed by atoms with Gasteiger partial charge in [-0.25, -0.2) is 0 Å². The first-order chi connectivity index (χ1) is 8.65. The van der Waals surface area contributed by atoms with E-state index in [1.807, 2.05) is 37.6 Å². The predicted molar refractivity (Wildman–Crippen MR) is 70.3 cm³/mol. The number of nitrogens with zero attached hydrogens (tertiary/aromatic N) is 2. The van der Waals surface area contributed by atoms with E-state index in [-0.39, 0.29) is 5.54 Å². The molecule has 1 heterocycles. The van der Waals surface area contributed by atoms with Gasteiger partial charge in [0.05, 0.1) is 11.7 Å². The maximum atomic E-state index is 6.01. The summed E-state index contributed by atoms with van der Waals surface area (Å²) in [5, 5.41) is 4.17. The molecule has 0 radical (unpaired) electrons. The highest BCUT2D eigenvalue weighted by Crippen LogP contribution is 2.33. The molecule has 2 aromatic rings. The van der Waals surface area contributed by atoms with Crippen molar-refractivity contribution in [1.29, 1.82) is 0 Å². The number of aromatic nitrogens is 2. The molecule has 0 unspecified atom stereocenters. The maximum absolute atomic E-state index is 6.01. The normalized spacial score (nSPS) is 16.6. The molecule has 0 amide bonds. The average molecular weight is 243 g/mol. The minimum Gasteiger partial charge on any atom is -0.492 e. The molecule has 94 valence electrons. The van der Waals surface area contributed by atoms with Gasteiger partial charge in [0.25, 0.3) is 0 Å². The maximum Gasteiger partial charge on any atom is 0.120 e. The van der Waals surface area contributed by atoms with Crippen LogP contribution in [0.1, 0.15) is 12.8 Å². The number of hydrogen-bond donors (Lipinski definition) is 1. The Morgan fingerprint density at radius 2 is 2.22 bits per heavy atom. The van der Waals surface area contributed by atoms with E-state index in [0.717, 1.165) is 29.7 Å². The second-order valence-electron chi connectivity index (χ2n) is 5.08. The summed E-state index contributed by atoms with van der Waals surface area (Å²) in [4.78, 5) is 0. The van der Waals surface area contributed by atoms with E-state index in [1.165, 1.54) is 0 Å². The van der Waals surface area contributed by atoms with Crippen LogP contribution in [0.3, 0.4) is 0 Å². The minimum atomic E-state index is -0.0791. The lowest BCUT2D eigenvalue weighted by atomic mass is 10.1. The first-order valence-electron chi connectivity index (χ1n) is 6.15. The zero-order valence-corrected chi connectivity index (χ0v) is 10.5. The lowest BCUT2D eigenvalue weighted by Gasteiger charge is -2.11. The van der Waals surface area contributed by atoms with Gasteiger partial charge in [0.15, 0.2) is 0 Å². The van der Waals surface area contributed by atoms with Gasteiger partial charge in [-0.1, -0.05) is 12.1 Å². The van der Waals surface area contributed by atoms with E-state index in [4.69, 9.17) is 10.5 Å². The van der Waals surface area contributed by atoms with Gasteiger partial charge in [-0.2, -0.15) is 5.10 Å². The highest BCUT2D eigenvalue weighted by molar-refractivity contribution is 5.63. The summed E-state index contributed by atoms with van der Waals surface area (Å²) >= 11 is 0. The first-order valence-corrected chi connectivity index (χ1v) is 6.15. The van der Waals surface area contributed by atoms with Gasteiger partial charge < -0.3 is 10.5 Å². The Morgan fingerprint density at radius 3 is 2.89 bits per heavy atom. The second kappa shape index (κ2) is 4.14. The number of rotatable bonds is 4. The number of aryl methyl sites for hydroxylation is 1. The highest BCUT2D eigenvalue weighted by atomic mass is 16.5. The van der Waals surface area contributed by atoms with E-state index in [9.17, 15) is 0 Å².